The third kappa shape index (κ3) is 6.84. The zero-order chi connectivity index (χ0) is 25.2. The van der Waals surface area contributed by atoms with E-state index in [0.29, 0.717) is 18.4 Å². The van der Waals surface area contributed by atoms with Gasteiger partial charge in [-0.25, -0.2) is 35.1 Å². The third-order valence-electron chi connectivity index (χ3n) is 5.17. The lowest BCUT2D eigenvalue weighted by Gasteiger charge is -2.32. The predicted molar refractivity (Wildman–Crippen MR) is 123 cm³/mol. The molecule has 2 rings (SSSR count). The number of sulfone groups is 1. The van der Waals surface area contributed by atoms with Gasteiger partial charge in [0.1, 0.15) is 11.7 Å². The molecule has 1 aromatic carbocycles. The monoisotopic (exact) mass is 505 g/mol. The van der Waals surface area contributed by atoms with Gasteiger partial charge in [0.05, 0.1) is 12.3 Å². The number of benzene rings is 1. The quantitative estimate of drug-likeness (QED) is 0.525. The summed E-state index contributed by atoms with van der Waals surface area (Å²) in [7, 11) is -8.19. The molecule has 0 spiro atoms. The average molecular weight is 506 g/mol. The van der Waals surface area contributed by atoms with Crippen molar-refractivity contribution in [2.24, 2.45) is 0 Å². The minimum absolute atomic E-state index is 0.0283. The van der Waals surface area contributed by atoms with Crippen LogP contribution in [0.15, 0.2) is 48.1 Å². The van der Waals surface area contributed by atoms with Gasteiger partial charge in [0.25, 0.3) is 0 Å². The zero-order valence-electron chi connectivity index (χ0n) is 19.1. The summed E-state index contributed by atoms with van der Waals surface area (Å²) in [6.07, 6.45) is 2.47. The van der Waals surface area contributed by atoms with E-state index in [1.807, 2.05) is 29.0 Å². The molecule has 2 unspecified atom stereocenters. The fraction of sp³-hybridized carbons (Fsp3) is 0.476. The molecule has 0 aliphatic heterocycles. The van der Waals surface area contributed by atoms with Crippen LogP contribution < -0.4 is 15.4 Å². The first-order valence-corrected chi connectivity index (χ1v) is 13.8. The second-order valence-electron chi connectivity index (χ2n) is 9.06. The van der Waals surface area contributed by atoms with E-state index in [0.717, 1.165) is 17.4 Å². The number of carbonyl (C=O) groups excluding carboxylic acids is 1. The Kier molecular flexibility index (Phi) is 7.76. The van der Waals surface area contributed by atoms with Crippen LogP contribution in [0.5, 0.6) is 0 Å². The molecule has 8 nitrogen and oxygen atoms in total. The van der Waals surface area contributed by atoms with Gasteiger partial charge < -0.3 is 10.6 Å². The number of sulfonamides is 1. The molecule has 0 radical (unpaired) electrons. The van der Waals surface area contributed by atoms with Crippen LogP contribution >= 0.6 is 0 Å². The van der Waals surface area contributed by atoms with Crippen molar-refractivity contribution in [2.45, 2.75) is 43.5 Å². The van der Waals surface area contributed by atoms with Crippen LogP contribution in [0.2, 0.25) is 0 Å². The maximum atomic E-state index is 14.9. The summed E-state index contributed by atoms with van der Waals surface area (Å²) in [6, 6.07) is 5.09. The molecule has 0 saturated heterocycles. The highest BCUT2D eigenvalue weighted by Gasteiger charge is 2.48. The highest BCUT2D eigenvalue weighted by Crippen LogP contribution is 2.35. The smallest absolute Gasteiger partial charge is 0.315 e. The molecule has 184 valence electrons. The number of halogens is 2. The lowest BCUT2D eigenvalue weighted by atomic mass is 9.87. The Bertz CT molecular complexity index is 1170. The first-order chi connectivity index (χ1) is 14.9. The largest absolute Gasteiger partial charge is 0.336 e. The van der Waals surface area contributed by atoms with Gasteiger partial charge in [-0.2, -0.15) is 0 Å². The SMILES string of the molecule is CC(C)(C)c1ccc(CNC(=O)NCC2(S(C)(=O)=O)C=C(F)C(NS(C)(=O)=O)C=C2F)cc1. The number of amides is 2. The molecular weight excluding hydrogens is 476 g/mol. The molecule has 1 aliphatic rings. The van der Waals surface area contributed by atoms with Gasteiger partial charge in [0, 0.05) is 19.3 Å². The summed E-state index contributed by atoms with van der Waals surface area (Å²) < 4.78 is 76.2. The van der Waals surface area contributed by atoms with Crippen LogP contribution in [0.25, 0.3) is 0 Å². The van der Waals surface area contributed by atoms with E-state index in [9.17, 15) is 30.4 Å². The fourth-order valence-corrected chi connectivity index (χ4v) is 4.92. The van der Waals surface area contributed by atoms with Crippen LogP contribution in [0.4, 0.5) is 13.6 Å². The van der Waals surface area contributed by atoms with Crippen molar-refractivity contribution in [3.8, 4) is 0 Å². The predicted octanol–water partition coefficient (Wildman–Crippen LogP) is 2.20. The molecule has 0 saturated carbocycles. The maximum Gasteiger partial charge on any atom is 0.315 e. The summed E-state index contributed by atoms with van der Waals surface area (Å²) in [5.74, 6) is -2.50. The Hall–Kier alpha value is -2.31. The zero-order valence-corrected chi connectivity index (χ0v) is 20.7. The Morgan fingerprint density at radius 2 is 1.61 bits per heavy atom. The van der Waals surface area contributed by atoms with E-state index < -0.39 is 54.9 Å². The minimum Gasteiger partial charge on any atom is -0.336 e. The molecule has 2 amide bonds. The molecule has 0 heterocycles. The van der Waals surface area contributed by atoms with E-state index in [2.05, 4.69) is 31.4 Å². The summed E-state index contributed by atoms with van der Waals surface area (Å²) in [4.78, 5) is 12.2. The van der Waals surface area contributed by atoms with Crippen molar-refractivity contribution < 1.29 is 30.4 Å². The number of hydrogen-bond donors (Lipinski definition) is 3. The Morgan fingerprint density at radius 1 is 1.03 bits per heavy atom. The van der Waals surface area contributed by atoms with Crippen molar-refractivity contribution in [1.82, 2.24) is 15.4 Å². The fourth-order valence-electron chi connectivity index (χ4n) is 3.20. The average Bonchev–Trinajstić information content (AvgIpc) is 2.65. The Balaban J connectivity index is 2.11. The molecule has 0 fully saturated rings. The second-order valence-corrected chi connectivity index (χ2v) is 13.1. The van der Waals surface area contributed by atoms with E-state index >= 15 is 0 Å². The number of carbonyl (C=O) groups is 1. The van der Waals surface area contributed by atoms with Gasteiger partial charge in [-0.3, -0.25) is 0 Å². The van der Waals surface area contributed by atoms with Gasteiger partial charge in [0.15, 0.2) is 14.6 Å². The second kappa shape index (κ2) is 9.51. The summed E-state index contributed by atoms with van der Waals surface area (Å²) in [5, 5.41) is 4.80. The van der Waals surface area contributed by atoms with Gasteiger partial charge >= 0.3 is 6.03 Å². The lowest BCUT2D eigenvalue weighted by Crippen LogP contribution is -2.52. The highest BCUT2D eigenvalue weighted by atomic mass is 32.2. The normalized spacial score (nSPS) is 21.7. The van der Waals surface area contributed by atoms with Crippen LogP contribution in [-0.2, 0) is 31.8 Å². The molecule has 12 heteroatoms. The van der Waals surface area contributed by atoms with E-state index in [-0.39, 0.29) is 12.0 Å². The van der Waals surface area contributed by atoms with Crippen molar-refractivity contribution in [3.05, 3.63) is 59.2 Å². The number of rotatable bonds is 7. The van der Waals surface area contributed by atoms with Gasteiger partial charge in [0.2, 0.25) is 10.0 Å². The first kappa shape index (κ1) is 26.9. The van der Waals surface area contributed by atoms with E-state index in [1.165, 1.54) is 0 Å². The lowest BCUT2D eigenvalue weighted by molar-refractivity contribution is 0.239. The van der Waals surface area contributed by atoms with Crippen molar-refractivity contribution in [2.75, 3.05) is 19.1 Å². The molecule has 2 atom stereocenters. The van der Waals surface area contributed by atoms with Crippen LogP contribution in [0.3, 0.4) is 0 Å². The molecule has 33 heavy (non-hydrogen) atoms. The van der Waals surface area contributed by atoms with Crippen LogP contribution in [0.1, 0.15) is 31.9 Å². The van der Waals surface area contributed by atoms with Crippen molar-refractivity contribution >= 4 is 25.9 Å². The third-order valence-corrected chi connectivity index (χ3v) is 7.64. The molecular formula is C21H29F2N3O5S2. The van der Waals surface area contributed by atoms with Crippen LogP contribution in [-0.4, -0.2) is 52.7 Å². The van der Waals surface area contributed by atoms with Gasteiger partial charge in [-0.05, 0) is 28.7 Å². The van der Waals surface area contributed by atoms with Crippen molar-refractivity contribution in [3.63, 3.8) is 0 Å². The molecule has 1 aromatic rings. The van der Waals surface area contributed by atoms with E-state index in [1.54, 1.807) is 0 Å². The van der Waals surface area contributed by atoms with E-state index in [4.69, 9.17) is 0 Å². The van der Waals surface area contributed by atoms with Crippen molar-refractivity contribution in [1.29, 1.82) is 0 Å². The Morgan fingerprint density at radius 3 is 2.09 bits per heavy atom. The van der Waals surface area contributed by atoms with Gasteiger partial charge in [-0.1, -0.05) is 45.0 Å². The highest BCUT2D eigenvalue weighted by molar-refractivity contribution is 7.92. The topological polar surface area (TPSA) is 121 Å². The molecule has 1 aliphatic carbocycles. The Labute approximate surface area is 193 Å². The standard InChI is InChI=1S/C21H29F2N3O5S2/c1-20(2,3)15-8-6-14(7-9-15)12-24-19(27)25-13-21(32(4,28)29)11-16(22)17(10-18(21)23)26-33(5,30)31/h6-11,17,26H,12-13H2,1-5H3,(H2,24,25,27). The first-order valence-electron chi connectivity index (χ1n) is 9.99. The summed E-state index contributed by atoms with van der Waals surface area (Å²) >= 11 is 0. The molecule has 0 bridgehead atoms. The van der Waals surface area contributed by atoms with Crippen LogP contribution in [0, 0.1) is 0 Å². The molecule has 0 aromatic heterocycles. The molecule has 3 N–H and O–H groups in total. The number of urea groups is 1. The summed E-state index contributed by atoms with van der Waals surface area (Å²) in [5.41, 5.74) is 1.88. The maximum absolute atomic E-state index is 14.9. The number of hydrogen-bond acceptors (Lipinski definition) is 5. The summed E-state index contributed by atoms with van der Waals surface area (Å²) in [6.45, 7) is 5.55. The number of nitrogens with one attached hydrogen (secondary N) is 3. The van der Waals surface area contributed by atoms with Gasteiger partial charge in [-0.15, -0.1) is 0 Å². The minimum atomic E-state index is -4.30.